The van der Waals surface area contributed by atoms with Crippen LogP contribution in [0.15, 0.2) is 0 Å². The molecular weight excluding hydrogens is 288 g/mol. The summed E-state index contributed by atoms with van der Waals surface area (Å²) in [6.45, 7) is 9.35. The molecule has 0 nitrogen and oxygen atoms in total. The second-order valence-electron chi connectivity index (χ2n) is 7.97. The third-order valence-corrected chi connectivity index (χ3v) is 5.59. The van der Waals surface area contributed by atoms with Crippen molar-refractivity contribution in [3.05, 3.63) is 5.92 Å². The summed E-state index contributed by atoms with van der Waals surface area (Å²) in [5.41, 5.74) is 0. The van der Waals surface area contributed by atoms with Crippen LogP contribution >= 0.6 is 0 Å². The van der Waals surface area contributed by atoms with Crippen LogP contribution in [0.4, 0.5) is 0 Å². The van der Waals surface area contributed by atoms with E-state index in [1.54, 1.807) is 0 Å². The van der Waals surface area contributed by atoms with E-state index in [9.17, 15) is 0 Å². The predicted molar refractivity (Wildman–Crippen MR) is 113 cm³/mol. The Balaban J connectivity index is 4.09. The van der Waals surface area contributed by atoms with Crippen molar-refractivity contribution in [2.45, 2.75) is 143 Å². The average molecular weight is 338 g/mol. The van der Waals surface area contributed by atoms with E-state index >= 15 is 0 Å². The van der Waals surface area contributed by atoms with Crippen LogP contribution in [0, 0.1) is 11.8 Å². The highest BCUT2D eigenvalue weighted by Crippen LogP contribution is 2.34. The Hall–Kier alpha value is 0. The summed E-state index contributed by atoms with van der Waals surface area (Å²) in [6.07, 6.45) is 25.8. The number of unbranched alkanes of at least 4 members (excludes halogenated alkanes) is 10. The maximum absolute atomic E-state index is 2.35. The van der Waals surface area contributed by atoms with Crippen LogP contribution in [0.25, 0.3) is 0 Å². The largest absolute Gasteiger partial charge is 0.0654 e. The van der Waals surface area contributed by atoms with E-state index in [0.29, 0.717) is 0 Å². The predicted octanol–water partition coefficient (Wildman–Crippen LogP) is 9.28. The van der Waals surface area contributed by atoms with Gasteiger partial charge in [0.2, 0.25) is 0 Å². The van der Waals surface area contributed by atoms with Gasteiger partial charge in [0.25, 0.3) is 0 Å². The van der Waals surface area contributed by atoms with E-state index in [0.717, 1.165) is 5.92 Å². The Bertz CT molecular complexity index is 212. The highest BCUT2D eigenvalue weighted by Gasteiger charge is 2.20. The van der Waals surface area contributed by atoms with Gasteiger partial charge in [-0.15, -0.1) is 0 Å². The van der Waals surface area contributed by atoms with Crippen LogP contribution in [0.5, 0.6) is 0 Å². The maximum atomic E-state index is 2.35. The first-order valence-electron chi connectivity index (χ1n) is 11.6. The summed E-state index contributed by atoms with van der Waals surface area (Å²) >= 11 is 0. The van der Waals surface area contributed by atoms with Gasteiger partial charge >= 0.3 is 0 Å². The van der Waals surface area contributed by atoms with Gasteiger partial charge < -0.3 is 0 Å². The average Bonchev–Trinajstić information content (AvgIpc) is 2.60. The van der Waals surface area contributed by atoms with Crippen molar-refractivity contribution in [2.24, 2.45) is 5.92 Å². The number of rotatable bonds is 19. The van der Waals surface area contributed by atoms with Gasteiger partial charge in [0.15, 0.2) is 0 Å². The fourth-order valence-electron chi connectivity index (χ4n) is 3.87. The molecule has 0 heteroatoms. The van der Waals surface area contributed by atoms with Crippen LogP contribution in [-0.4, -0.2) is 0 Å². The van der Waals surface area contributed by atoms with Crippen LogP contribution in [0.2, 0.25) is 0 Å². The van der Waals surface area contributed by atoms with Gasteiger partial charge in [-0.2, -0.15) is 0 Å². The van der Waals surface area contributed by atoms with Gasteiger partial charge in [0.05, 0.1) is 0 Å². The zero-order valence-corrected chi connectivity index (χ0v) is 17.8. The van der Waals surface area contributed by atoms with Crippen LogP contribution < -0.4 is 0 Å². The molecular formula is C24H49. The summed E-state index contributed by atoms with van der Waals surface area (Å²) in [5, 5.41) is 0. The van der Waals surface area contributed by atoms with Crippen LogP contribution in [0.1, 0.15) is 143 Å². The Kier molecular flexibility index (Phi) is 19.3. The zero-order chi connectivity index (χ0) is 17.9. The fourth-order valence-corrected chi connectivity index (χ4v) is 3.87. The Morgan fingerprint density at radius 3 is 1.38 bits per heavy atom. The SMILES string of the molecule is CCCCCCCCCCC(CCCC)[C](CCCC)CCCC. The molecule has 0 amide bonds. The summed E-state index contributed by atoms with van der Waals surface area (Å²) in [6, 6.07) is 0. The van der Waals surface area contributed by atoms with Crippen molar-refractivity contribution in [1.82, 2.24) is 0 Å². The van der Waals surface area contributed by atoms with Crippen molar-refractivity contribution in [3.8, 4) is 0 Å². The normalized spacial score (nSPS) is 12.9. The molecule has 1 radical (unpaired) electrons. The van der Waals surface area contributed by atoms with E-state index < -0.39 is 0 Å². The molecule has 0 bridgehead atoms. The lowest BCUT2D eigenvalue weighted by atomic mass is 9.78. The van der Waals surface area contributed by atoms with Gasteiger partial charge in [-0.3, -0.25) is 0 Å². The molecule has 1 unspecified atom stereocenters. The molecule has 1 atom stereocenters. The summed E-state index contributed by atoms with van der Waals surface area (Å²) in [5.74, 6) is 2.89. The molecule has 0 rings (SSSR count). The lowest BCUT2D eigenvalue weighted by Gasteiger charge is -2.27. The quantitative estimate of drug-likeness (QED) is 0.206. The second kappa shape index (κ2) is 19.3. The Labute approximate surface area is 155 Å². The molecule has 0 aromatic heterocycles. The summed E-state index contributed by atoms with van der Waals surface area (Å²) in [4.78, 5) is 0. The minimum Gasteiger partial charge on any atom is -0.0654 e. The Morgan fingerprint density at radius 1 is 0.458 bits per heavy atom. The van der Waals surface area contributed by atoms with Gasteiger partial charge in [-0.1, -0.05) is 118 Å². The lowest BCUT2D eigenvalue weighted by molar-refractivity contribution is 0.380. The van der Waals surface area contributed by atoms with Crippen molar-refractivity contribution in [2.75, 3.05) is 0 Å². The molecule has 0 aliphatic rings. The highest BCUT2D eigenvalue weighted by atomic mass is 14.3. The minimum absolute atomic E-state index is 0.947. The monoisotopic (exact) mass is 337 g/mol. The molecule has 0 heterocycles. The Morgan fingerprint density at radius 2 is 0.875 bits per heavy atom. The van der Waals surface area contributed by atoms with Crippen molar-refractivity contribution < 1.29 is 0 Å². The highest BCUT2D eigenvalue weighted by molar-refractivity contribution is 4.96. The van der Waals surface area contributed by atoms with E-state index in [1.807, 2.05) is 5.92 Å². The molecule has 0 saturated carbocycles. The van der Waals surface area contributed by atoms with E-state index in [-0.39, 0.29) is 0 Å². The third kappa shape index (κ3) is 14.4. The van der Waals surface area contributed by atoms with Crippen molar-refractivity contribution in [3.63, 3.8) is 0 Å². The molecule has 0 aromatic rings. The zero-order valence-electron chi connectivity index (χ0n) is 17.8. The molecule has 0 fully saturated rings. The van der Waals surface area contributed by atoms with Crippen molar-refractivity contribution in [1.29, 1.82) is 0 Å². The smallest absolute Gasteiger partial charge is 0.0210 e. The molecule has 24 heavy (non-hydrogen) atoms. The lowest BCUT2D eigenvalue weighted by Crippen LogP contribution is -2.14. The molecule has 0 aliphatic carbocycles. The summed E-state index contributed by atoms with van der Waals surface area (Å²) < 4.78 is 0. The van der Waals surface area contributed by atoms with Gasteiger partial charge in [-0.25, -0.2) is 0 Å². The molecule has 0 N–H and O–H groups in total. The van der Waals surface area contributed by atoms with Crippen LogP contribution in [0.3, 0.4) is 0 Å². The van der Waals surface area contributed by atoms with Gasteiger partial charge in [0.1, 0.15) is 0 Å². The third-order valence-electron chi connectivity index (χ3n) is 5.59. The molecule has 145 valence electrons. The van der Waals surface area contributed by atoms with E-state index in [1.165, 1.54) is 116 Å². The standard InChI is InChI=1S/C24H49/c1-5-9-13-14-15-16-17-18-22-24(21-12-8-4)23(19-10-6-2)20-11-7-3/h24H,5-22H2,1-4H3. The molecule has 0 spiro atoms. The molecule has 0 saturated heterocycles. The number of hydrogen-bond donors (Lipinski definition) is 0. The maximum Gasteiger partial charge on any atom is -0.0210 e. The summed E-state index contributed by atoms with van der Waals surface area (Å²) in [7, 11) is 0. The second-order valence-corrected chi connectivity index (χ2v) is 7.97. The first kappa shape index (κ1) is 24.0. The van der Waals surface area contributed by atoms with Gasteiger partial charge in [-0.05, 0) is 37.5 Å². The van der Waals surface area contributed by atoms with Crippen LogP contribution in [-0.2, 0) is 0 Å². The first-order valence-corrected chi connectivity index (χ1v) is 11.6. The minimum atomic E-state index is 0.947. The van der Waals surface area contributed by atoms with E-state index in [4.69, 9.17) is 0 Å². The molecule has 0 aromatic carbocycles. The fraction of sp³-hybridized carbons (Fsp3) is 0.958. The first-order chi connectivity index (χ1) is 11.8. The number of hydrogen-bond acceptors (Lipinski definition) is 0. The van der Waals surface area contributed by atoms with Crippen molar-refractivity contribution >= 4 is 0 Å². The molecule has 0 aliphatic heterocycles. The van der Waals surface area contributed by atoms with E-state index in [2.05, 4.69) is 27.7 Å². The topological polar surface area (TPSA) is 0 Å². The van der Waals surface area contributed by atoms with Gasteiger partial charge in [0, 0.05) is 0 Å².